The maximum atomic E-state index is 13.5. The van der Waals surface area contributed by atoms with E-state index in [9.17, 15) is 18.0 Å². The van der Waals surface area contributed by atoms with Crippen molar-refractivity contribution in [3.05, 3.63) is 95.7 Å². The number of carbonyl (C=O) groups excluding carboxylic acids is 1. The zero-order chi connectivity index (χ0) is 26.9. The predicted molar refractivity (Wildman–Crippen MR) is 145 cm³/mol. The van der Waals surface area contributed by atoms with Gasteiger partial charge in [-0.05, 0) is 79.4 Å². The molecule has 1 amide bonds. The molecule has 1 fully saturated rings. The fourth-order valence-corrected chi connectivity index (χ4v) is 5.22. The Kier molecular flexibility index (Phi) is 7.30. The van der Waals surface area contributed by atoms with Crippen molar-refractivity contribution in [1.29, 1.82) is 0 Å². The van der Waals surface area contributed by atoms with Gasteiger partial charge in [-0.1, -0.05) is 50.2 Å². The molecule has 2 heterocycles. The van der Waals surface area contributed by atoms with Crippen molar-refractivity contribution in [3.8, 4) is 5.69 Å². The monoisotopic (exact) mass is 519 g/mol. The number of alkyl halides is 3. The molecule has 0 aliphatic carbocycles. The number of piperidine rings is 1. The number of aromatic nitrogens is 1. The van der Waals surface area contributed by atoms with Gasteiger partial charge in [0, 0.05) is 35.4 Å². The van der Waals surface area contributed by atoms with Gasteiger partial charge in [-0.15, -0.1) is 0 Å². The second kappa shape index (κ2) is 10.7. The molecule has 5 rings (SSSR count). The van der Waals surface area contributed by atoms with Gasteiger partial charge in [0.1, 0.15) is 0 Å². The first-order valence-electron chi connectivity index (χ1n) is 13.1. The molecule has 1 saturated heterocycles. The first kappa shape index (κ1) is 26.0. The highest BCUT2D eigenvalue weighted by molar-refractivity contribution is 5.92. The van der Waals surface area contributed by atoms with Gasteiger partial charge in [0.2, 0.25) is 5.91 Å². The van der Waals surface area contributed by atoms with Crippen LogP contribution in [0.1, 0.15) is 49.3 Å². The molecular formula is C31H32F3N3O. The van der Waals surface area contributed by atoms with Gasteiger partial charge < -0.3 is 9.88 Å². The van der Waals surface area contributed by atoms with E-state index in [0.717, 1.165) is 48.3 Å². The van der Waals surface area contributed by atoms with Crippen LogP contribution in [0, 0.1) is 5.92 Å². The summed E-state index contributed by atoms with van der Waals surface area (Å²) in [4.78, 5) is 14.5. The third-order valence-corrected chi connectivity index (χ3v) is 7.38. The van der Waals surface area contributed by atoms with Crippen LogP contribution in [0.5, 0.6) is 0 Å². The summed E-state index contributed by atoms with van der Waals surface area (Å²) in [5, 5.41) is 3.83. The molecule has 4 aromatic rings. The zero-order valence-electron chi connectivity index (χ0n) is 21.6. The van der Waals surface area contributed by atoms with Crippen LogP contribution in [0.4, 0.5) is 18.9 Å². The number of para-hydroxylation sites is 1. The number of halogens is 3. The fourth-order valence-electron chi connectivity index (χ4n) is 5.22. The molecule has 3 aromatic carbocycles. The minimum absolute atomic E-state index is 0.00832. The van der Waals surface area contributed by atoms with Crippen molar-refractivity contribution in [2.75, 3.05) is 18.4 Å². The number of amides is 1. The average Bonchev–Trinajstić information content (AvgIpc) is 3.27. The van der Waals surface area contributed by atoms with E-state index in [2.05, 4.69) is 22.3 Å². The summed E-state index contributed by atoms with van der Waals surface area (Å²) in [6.45, 7) is 6.22. The normalized spacial score (nSPS) is 15.3. The molecule has 1 N–H and O–H groups in total. The summed E-state index contributed by atoms with van der Waals surface area (Å²) in [5.41, 5.74) is 3.85. The summed E-state index contributed by atoms with van der Waals surface area (Å²) < 4.78 is 42.3. The van der Waals surface area contributed by atoms with Crippen LogP contribution in [-0.4, -0.2) is 28.5 Å². The molecular weight excluding hydrogens is 487 g/mol. The minimum atomic E-state index is -4.39. The van der Waals surface area contributed by atoms with Gasteiger partial charge in [-0.2, -0.15) is 13.2 Å². The lowest BCUT2D eigenvalue weighted by atomic mass is 9.89. The summed E-state index contributed by atoms with van der Waals surface area (Å²) in [6, 6.07) is 21.7. The number of carbonyl (C=O) groups is 1. The Morgan fingerprint density at radius 1 is 0.974 bits per heavy atom. The number of fused-ring (bicyclic) bond motifs is 1. The second-order valence-corrected chi connectivity index (χ2v) is 10.4. The van der Waals surface area contributed by atoms with Crippen molar-refractivity contribution in [3.63, 3.8) is 0 Å². The molecule has 198 valence electrons. The zero-order valence-corrected chi connectivity index (χ0v) is 21.6. The molecule has 38 heavy (non-hydrogen) atoms. The highest BCUT2D eigenvalue weighted by Gasteiger charge is 2.31. The molecule has 4 nitrogen and oxygen atoms in total. The lowest BCUT2D eigenvalue weighted by molar-refractivity contribution is -0.137. The molecule has 1 aliphatic heterocycles. The van der Waals surface area contributed by atoms with Gasteiger partial charge in [0.15, 0.2) is 0 Å². The number of hydrogen-bond acceptors (Lipinski definition) is 2. The number of rotatable bonds is 6. The standard InChI is InChI=1S/C31H32F3N3O/c1-21(2)30(38)35-26-8-6-7-23(17-26)22-13-15-36(16-14-22)19-24-20-37(27-9-4-3-5-10-27)29-18-25(31(32,33)34)11-12-28(24)29/h3-12,17-18,20-22H,13-16,19H2,1-2H3,(H,35,38). The van der Waals surface area contributed by atoms with Crippen LogP contribution in [0.15, 0.2) is 79.0 Å². The SMILES string of the molecule is CC(C)C(=O)Nc1cccc(C2CCN(Cc3cn(-c4ccccc4)c4cc(C(F)(F)F)ccc34)CC2)c1. The van der Waals surface area contributed by atoms with E-state index >= 15 is 0 Å². The first-order valence-corrected chi connectivity index (χ1v) is 13.1. The molecule has 7 heteroatoms. The molecule has 0 unspecified atom stereocenters. The van der Waals surface area contributed by atoms with Gasteiger partial charge >= 0.3 is 6.18 Å². The van der Waals surface area contributed by atoms with Crippen molar-refractivity contribution < 1.29 is 18.0 Å². The summed E-state index contributed by atoms with van der Waals surface area (Å²) in [7, 11) is 0. The molecule has 0 saturated carbocycles. The molecule has 1 aliphatic rings. The van der Waals surface area contributed by atoms with Crippen molar-refractivity contribution >= 4 is 22.5 Å². The minimum Gasteiger partial charge on any atom is -0.326 e. The number of hydrogen-bond donors (Lipinski definition) is 1. The number of anilines is 1. The topological polar surface area (TPSA) is 37.3 Å². The maximum Gasteiger partial charge on any atom is 0.416 e. The summed E-state index contributed by atoms with van der Waals surface area (Å²) in [6.07, 6.45) is -0.446. The number of nitrogens with one attached hydrogen (secondary N) is 1. The van der Waals surface area contributed by atoms with E-state index in [4.69, 9.17) is 0 Å². The number of nitrogens with zero attached hydrogens (tertiary/aromatic N) is 2. The molecule has 1 aromatic heterocycles. The molecule has 0 spiro atoms. The van der Waals surface area contributed by atoms with E-state index in [1.165, 1.54) is 17.7 Å². The highest BCUT2D eigenvalue weighted by Crippen LogP contribution is 2.35. The molecule has 0 bridgehead atoms. The lowest BCUT2D eigenvalue weighted by Crippen LogP contribution is -2.32. The second-order valence-electron chi connectivity index (χ2n) is 10.4. The first-order chi connectivity index (χ1) is 18.2. The maximum absolute atomic E-state index is 13.5. The number of benzene rings is 3. The Balaban J connectivity index is 1.33. The predicted octanol–water partition coefficient (Wildman–Crippen LogP) is 7.62. The van der Waals surface area contributed by atoms with Crippen LogP contribution in [0.2, 0.25) is 0 Å². The van der Waals surface area contributed by atoms with Crippen LogP contribution in [0.25, 0.3) is 16.6 Å². The quantitative estimate of drug-likeness (QED) is 0.284. The Hall–Kier alpha value is -3.58. The van der Waals surface area contributed by atoms with Crippen LogP contribution >= 0.6 is 0 Å². The van der Waals surface area contributed by atoms with E-state index < -0.39 is 11.7 Å². The van der Waals surface area contributed by atoms with Gasteiger partial charge in [-0.25, -0.2) is 0 Å². The highest BCUT2D eigenvalue weighted by atomic mass is 19.4. The smallest absolute Gasteiger partial charge is 0.326 e. The average molecular weight is 520 g/mol. The fraction of sp³-hybridized carbons (Fsp3) is 0.323. The van der Waals surface area contributed by atoms with Crippen LogP contribution in [0.3, 0.4) is 0 Å². The molecule has 0 radical (unpaired) electrons. The van der Waals surface area contributed by atoms with E-state index in [1.54, 1.807) is 6.07 Å². The third-order valence-electron chi connectivity index (χ3n) is 7.38. The van der Waals surface area contributed by atoms with Crippen LogP contribution < -0.4 is 5.32 Å². The number of likely N-dealkylation sites (tertiary alicyclic amines) is 1. The Morgan fingerprint density at radius 3 is 2.39 bits per heavy atom. The summed E-state index contributed by atoms with van der Waals surface area (Å²) in [5.74, 6) is 0.339. The third kappa shape index (κ3) is 5.63. The Bertz CT molecular complexity index is 1420. The van der Waals surface area contributed by atoms with E-state index in [-0.39, 0.29) is 11.8 Å². The Morgan fingerprint density at radius 2 is 1.71 bits per heavy atom. The lowest BCUT2D eigenvalue weighted by Gasteiger charge is -2.32. The van der Waals surface area contributed by atoms with Crippen molar-refractivity contribution in [2.45, 2.75) is 45.3 Å². The van der Waals surface area contributed by atoms with Crippen LogP contribution in [-0.2, 0) is 17.5 Å². The molecule has 0 atom stereocenters. The van der Waals surface area contributed by atoms with Crippen molar-refractivity contribution in [1.82, 2.24) is 9.47 Å². The van der Waals surface area contributed by atoms with Gasteiger partial charge in [0.05, 0.1) is 11.1 Å². The van der Waals surface area contributed by atoms with Gasteiger partial charge in [0.25, 0.3) is 0 Å². The Labute approximate surface area is 221 Å². The van der Waals surface area contributed by atoms with Gasteiger partial charge in [-0.3, -0.25) is 9.69 Å². The summed E-state index contributed by atoms with van der Waals surface area (Å²) >= 11 is 0. The largest absolute Gasteiger partial charge is 0.416 e. The van der Waals surface area contributed by atoms with E-state index in [1.807, 2.05) is 67.1 Å². The van der Waals surface area contributed by atoms with E-state index in [0.29, 0.717) is 18.0 Å². The van der Waals surface area contributed by atoms with Crippen molar-refractivity contribution in [2.24, 2.45) is 5.92 Å².